The first-order chi connectivity index (χ1) is 7.61. The summed E-state index contributed by atoms with van der Waals surface area (Å²) in [4.78, 5) is 11.9. The Balaban J connectivity index is 2.75. The van der Waals surface area contributed by atoms with Crippen molar-refractivity contribution in [3.63, 3.8) is 0 Å². The van der Waals surface area contributed by atoms with Gasteiger partial charge in [-0.05, 0) is 41.3 Å². The minimum Gasteiger partial charge on any atom is -0.478 e. The molecule has 0 radical (unpaired) electrons. The molecule has 0 fully saturated rings. The summed E-state index contributed by atoms with van der Waals surface area (Å²) in [6.07, 6.45) is 1.88. The van der Waals surface area contributed by atoms with E-state index in [9.17, 15) is 4.79 Å². The molecule has 0 bridgehead atoms. The van der Waals surface area contributed by atoms with Crippen molar-refractivity contribution in [3.05, 3.63) is 40.4 Å². The number of thioether (sulfide) groups is 1. The first-order valence-electron chi connectivity index (χ1n) is 4.62. The summed E-state index contributed by atoms with van der Waals surface area (Å²) in [6, 6.07) is 9.48. The highest BCUT2D eigenvalue weighted by molar-refractivity contribution is 9.10. The largest absolute Gasteiger partial charge is 0.478 e. The summed E-state index contributed by atoms with van der Waals surface area (Å²) in [6.45, 7) is 0. The number of halogens is 1. The number of fused-ring (bicyclic) bond motifs is 1. The predicted molar refractivity (Wildman–Crippen MR) is 70.4 cm³/mol. The van der Waals surface area contributed by atoms with Crippen molar-refractivity contribution in [1.29, 1.82) is 0 Å². The van der Waals surface area contributed by atoms with Crippen LogP contribution in [0.4, 0.5) is 0 Å². The van der Waals surface area contributed by atoms with E-state index in [1.807, 2.05) is 30.5 Å². The average molecular weight is 297 g/mol. The van der Waals surface area contributed by atoms with Gasteiger partial charge in [-0.15, -0.1) is 11.8 Å². The zero-order valence-corrected chi connectivity index (χ0v) is 10.9. The molecule has 2 aromatic rings. The Labute approximate surface area is 106 Å². The Morgan fingerprint density at radius 3 is 2.62 bits per heavy atom. The van der Waals surface area contributed by atoms with Gasteiger partial charge in [-0.25, -0.2) is 4.79 Å². The van der Waals surface area contributed by atoms with Crippen LogP contribution in [0.25, 0.3) is 10.8 Å². The van der Waals surface area contributed by atoms with Gasteiger partial charge in [0, 0.05) is 9.37 Å². The SMILES string of the molecule is CSc1cc2ccc(Br)cc2cc1C(=O)O. The molecule has 2 rings (SSSR count). The maximum absolute atomic E-state index is 11.1. The van der Waals surface area contributed by atoms with E-state index in [1.165, 1.54) is 11.8 Å². The number of hydrogen-bond acceptors (Lipinski definition) is 2. The molecule has 0 aliphatic carbocycles. The molecule has 0 spiro atoms. The lowest BCUT2D eigenvalue weighted by Gasteiger charge is -2.06. The number of carboxylic acid groups (broad SMARTS) is 1. The van der Waals surface area contributed by atoms with Crippen LogP contribution in [0, 0.1) is 0 Å². The van der Waals surface area contributed by atoms with E-state index in [0.717, 1.165) is 20.1 Å². The predicted octanol–water partition coefficient (Wildman–Crippen LogP) is 4.02. The number of aromatic carboxylic acids is 1. The number of hydrogen-bond donors (Lipinski definition) is 1. The van der Waals surface area contributed by atoms with Crippen LogP contribution in [0.2, 0.25) is 0 Å². The topological polar surface area (TPSA) is 37.3 Å². The van der Waals surface area contributed by atoms with Gasteiger partial charge in [0.25, 0.3) is 0 Å². The lowest BCUT2D eigenvalue weighted by molar-refractivity contribution is 0.0693. The molecule has 0 atom stereocenters. The molecule has 1 N–H and O–H groups in total. The third-order valence-corrected chi connectivity index (χ3v) is 3.62. The van der Waals surface area contributed by atoms with Crippen molar-refractivity contribution in [1.82, 2.24) is 0 Å². The van der Waals surface area contributed by atoms with Crippen LogP contribution in [0.15, 0.2) is 39.7 Å². The Hall–Kier alpha value is -1.00. The molecular formula is C12H9BrO2S. The van der Waals surface area contributed by atoms with Gasteiger partial charge in [0.15, 0.2) is 0 Å². The van der Waals surface area contributed by atoms with Gasteiger partial charge < -0.3 is 5.11 Å². The molecular weight excluding hydrogens is 288 g/mol. The molecule has 16 heavy (non-hydrogen) atoms. The smallest absolute Gasteiger partial charge is 0.336 e. The molecule has 4 heteroatoms. The molecule has 0 aliphatic rings. The Kier molecular flexibility index (Phi) is 3.21. The van der Waals surface area contributed by atoms with E-state index in [0.29, 0.717) is 5.56 Å². The van der Waals surface area contributed by atoms with Gasteiger partial charge in [-0.2, -0.15) is 0 Å². The lowest BCUT2D eigenvalue weighted by Crippen LogP contribution is -1.98. The van der Waals surface area contributed by atoms with E-state index in [-0.39, 0.29) is 0 Å². The fourth-order valence-electron chi connectivity index (χ4n) is 1.58. The third-order valence-electron chi connectivity index (χ3n) is 2.35. The van der Waals surface area contributed by atoms with E-state index in [4.69, 9.17) is 5.11 Å². The monoisotopic (exact) mass is 296 g/mol. The van der Waals surface area contributed by atoms with E-state index < -0.39 is 5.97 Å². The Morgan fingerprint density at radius 2 is 2.00 bits per heavy atom. The van der Waals surface area contributed by atoms with Gasteiger partial charge in [0.05, 0.1) is 5.56 Å². The second kappa shape index (κ2) is 4.47. The molecule has 2 nitrogen and oxygen atoms in total. The fourth-order valence-corrected chi connectivity index (χ4v) is 2.57. The first-order valence-corrected chi connectivity index (χ1v) is 6.64. The van der Waals surface area contributed by atoms with Crippen LogP contribution >= 0.6 is 27.7 Å². The van der Waals surface area contributed by atoms with Crippen molar-refractivity contribution in [3.8, 4) is 0 Å². The van der Waals surface area contributed by atoms with E-state index >= 15 is 0 Å². The van der Waals surface area contributed by atoms with Gasteiger partial charge in [-0.3, -0.25) is 0 Å². The van der Waals surface area contributed by atoms with Crippen LogP contribution in [-0.2, 0) is 0 Å². The third kappa shape index (κ3) is 2.08. The maximum atomic E-state index is 11.1. The van der Waals surface area contributed by atoms with Gasteiger partial charge >= 0.3 is 5.97 Å². The number of carbonyl (C=O) groups is 1. The molecule has 0 amide bonds. The van der Waals surface area contributed by atoms with E-state index in [2.05, 4.69) is 15.9 Å². The first kappa shape index (κ1) is 11.5. The molecule has 0 unspecified atom stereocenters. The normalized spacial score (nSPS) is 10.6. The lowest BCUT2D eigenvalue weighted by atomic mass is 10.1. The second-order valence-electron chi connectivity index (χ2n) is 3.35. The quantitative estimate of drug-likeness (QED) is 0.851. The van der Waals surface area contributed by atoms with Crippen LogP contribution < -0.4 is 0 Å². The summed E-state index contributed by atoms with van der Waals surface area (Å²) in [5.74, 6) is -0.883. The van der Waals surface area contributed by atoms with Gasteiger partial charge in [-0.1, -0.05) is 22.0 Å². The summed E-state index contributed by atoms with van der Waals surface area (Å²) < 4.78 is 0.952. The Morgan fingerprint density at radius 1 is 1.25 bits per heavy atom. The summed E-state index contributed by atoms with van der Waals surface area (Å²) >= 11 is 4.83. The summed E-state index contributed by atoms with van der Waals surface area (Å²) in [5, 5.41) is 11.1. The fraction of sp³-hybridized carbons (Fsp3) is 0.0833. The van der Waals surface area contributed by atoms with Crippen molar-refractivity contribution in [2.24, 2.45) is 0 Å². The van der Waals surface area contributed by atoms with Crippen molar-refractivity contribution >= 4 is 44.4 Å². The van der Waals surface area contributed by atoms with E-state index in [1.54, 1.807) is 6.07 Å². The average Bonchev–Trinajstić information content (AvgIpc) is 2.27. The summed E-state index contributed by atoms with van der Waals surface area (Å²) in [5.41, 5.74) is 0.359. The maximum Gasteiger partial charge on any atom is 0.336 e. The molecule has 82 valence electrons. The van der Waals surface area contributed by atoms with Crippen LogP contribution in [-0.4, -0.2) is 17.3 Å². The number of carboxylic acids is 1. The number of rotatable bonds is 2. The highest BCUT2D eigenvalue weighted by Gasteiger charge is 2.10. The molecule has 2 aromatic carbocycles. The van der Waals surface area contributed by atoms with Crippen LogP contribution in [0.5, 0.6) is 0 Å². The van der Waals surface area contributed by atoms with Crippen LogP contribution in [0.1, 0.15) is 10.4 Å². The summed E-state index contributed by atoms with van der Waals surface area (Å²) in [7, 11) is 0. The molecule has 0 aromatic heterocycles. The zero-order valence-electron chi connectivity index (χ0n) is 8.53. The minimum absolute atomic E-state index is 0.359. The van der Waals surface area contributed by atoms with Crippen molar-refractivity contribution in [2.75, 3.05) is 6.26 Å². The Bertz CT molecular complexity index is 566. The van der Waals surface area contributed by atoms with Crippen molar-refractivity contribution < 1.29 is 9.90 Å². The van der Waals surface area contributed by atoms with Gasteiger partial charge in [0.2, 0.25) is 0 Å². The number of benzene rings is 2. The molecule has 0 saturated heterocycles. The minimum atomic E-state index is -0.883. The van der Waals surface area contributed by atoms with Crippen molar-refractivity contribution in [2.45, 2.75) is 4.90 Å². The molecule has 0 saturated carbocycles. The standard InChI is InChI=1S/C12H9BrO2S/c1-16-11-6-7-2-3-9(13)4-8(7)5-10(11)12(14)15/h2-6H,1H3,(H,14,15). The zero-order chi connectivity index (χ0) is 11.7. The van der Waals surface area contributed by atoms with Crippen LogP contribution in [0.3, 0.4) is 0 Å². The molecule has 0 aliphatic heterocycles. The van der Waals surface area contributed by atoms with Gasteiger partial charge in [0.1, 0.15) is 0 Å². The molecule has 0 heterocycles. The highest BCUT2D eigenvalue weighted by Crippen LogP contribution is 2.28. The highest BCUT2D eigenvalue weighted by atomic mass is 79.9. The second-order valence-corrected chi connectivity index (χ2v) is 5.11.